The average molecular weight is 270 g/mol. The number of rotatable bonds is 4. The number of alkyl halides is 2. The molecule has 0 fully saturated rings. The quantitative estimate of drug-likeness (QED) is 0.929. The second-order valence-electron chi connectivity index (χ2n) is 3.20. The van der Waals surface area contributed by atoms with Crippen LogP contribution >= 0.6 is 11.3 Å². The van der Waals surface area contributed by atoms with Crippen LogP contribution in [0.4, 0.5) is 14.5 Å². The lowest BCUT2D eigenvalue weighted by atomic mass is 10.3. The lowest BCUT2D eigenvalue weighted by Gasteiger charge is -2.10. The lowest BCUT2D eigenvalue weighted by Crippen LogP contribution is -2.14. The summed E-state index contributed by atoms with van der Waals surface area (Å²) in [5, 5.41) is 4.03. The van der Waals surface area contributed by atoms with Crippen molar-refractivity contribution in [2.24, 2.45) is 0 Å². The molecule has 0 bridgehead atoms. The molecule has 0 saturated heterocycles. The second kappa shape index (κ2) is 5.54. The normalized spacial score (nSPS) is 10.4. The van der Waals surface area contributed by atoms with Crippen LogP contribution in [0.15, 0.2) is 35.2 Å². The van der Waals surface area contributed by atoms with Crippen LogP contribution in [0.25, 0.3) is 0 Å². The molecule has 0 aliphatic heterocycles. The van der Waals surface area contributed by atoms with Crippen LogP contribution in [0.2, 0.25) is 0 Å². The number of benzene rings is 1. The van der Waals surface area contributed by atoms with E-state index in [1.54, 1.807) is 11.4 Å². The number of carbonyl (C=O) groups excluding carboxylic acids is 1. The van der Waals surface area contributed by atoms with Gasteiger partial charge in [0.15, 0.2) is 0 Å². The van der Waals surface area contributed by atoms with E-state index in [1.165, 1.54) is 35.0 Å². The van der Waals surface area contributed by atoms with Crippen molar-refractivity contribution >= 4 is 22.9 Å². The van der Waals surface area contributed by atoms with Gasteiger partial charge >= 0.3 is 6.61 Å². The molecule has 0 saturated carbocycles. The zero-order valence-electron chi connectivity index (χ0n) is 8.97. The van der Waals surface area contributed by atoms with Gasteiger partial charge in [-0.2, -0.15) is 8.78 Å². The summed E-state index contributed by atoms with van der Waals surface area (Å²) in [6, 6.07) is 5.97. The molecule has 0 spiro atoms. The number of nitrogens with zero attached hydrogens (tertiary/aromatic N) is 1. The average Bonchev–Trinajstić information content (AvgIpc) is 2.84. The largest absolute Gasteiger partial charge is 0.433 e. The summed E-state index contributed by atoms with van der Waals surface area (Å²) in [7, 11) is 0. The first kappa shape index (κ1) is 12.4. The highest BCUT2D eigenvalue weighted by Crippen LogP contribution is 2.25. The number of hydrogen-bond acceptors (Lipinski definition) is 4. The fraction of sp³-hybridized carbons (Fsp3) is 0.0909. The van der Waals surface area contributed by atoms with Gasteiger partial charge in [-0.1, -0.05) is 12.1 Å². The first-order chi connectivity index (χ1) is 8.66. The van der Waals surface area contributed by atoms with Gasteiger partial charge in [0.25, 0.3) is 5.91 Å². The lowest BCUT2D eigenvalue weighted by molar-refractivity contribution is -0.0493. The van der Waals surface area contributed by atoms with Crippen molar-refractivity contribution in [3.05, 3.63) is 40.8 Å². The summed E-state index contributed by atoms with van der Waals surface area (Å²) in [6.45, 7) is -2.94. The molecule has 1 N–H and O–H groups in total. The van der Waals surface area contributed by atoms with Gasteiger partial charge in [-0.05, 0) is 12.1 Å². The minimum absolute atomic E-state index is 0.0870. The van der Waals surface area contributed by atoms with Crippen LogP contribution < -0.4 is 10.1 Å². The van der Waals surface area contributed by atoms with Gasteiger partial charge in [-0.15, -0.1) is 11.3 Å². The maximum Gasteiger partial charge on any atom is 0.387 e. The van der Waals surface area contributed by atoms with Crippen molar-refractivity contribution in [3.63, 3.8) is 0 Å². The SMILES string of the molecule is O=C(Nc1ccccc1OC(F)F)c1cscn1. The van der Waals surface area contributed by atoms with E-state index in [-0.39, 0.29) is 17.1 Å². The van der Waals surface area contributed by atoms with E-state index in [0.717, 1.165) is 0 Å². The Morgan fingerprint density at radius 3 is 2.83 bits per heavy atom. The molecule has 1 heterocycles. The van der Waals surface area contributed by atoms with Crippen LogP contribution in [0.3, 0.4) is 0 Å². The molecule has 0 aliphatic rings. The first-order valence-electron chi connectivity index (χ1n) is 4.90. The highest BCUT2D eigenvalue weighted by atomic mass is 32.1. The van der Waals surface area contributed by atoms with E-state index in [0.29, 0.717) is 0 Å². The summed E-state index contributed by atoms with van der Waals surface area (Å²) in [6.07, 6.45) is 0. The molecule has 0 aliphatic carbocycles. The number of ether oxygens (including phenoxy) is 1. The molecule has 0 radical (unpaired) electrons. The Balaban J connectivity index is 2.16. The van der Waals surface area contributed by atoms with Gasteiger partial charge in [0, 0.05) is 5.38 Å². The van der Waals surface area contributed by atoms with Gasteiger partial charge in [0.1, 0.15) is 11.4 Å². The van der Waals surface area contributed by atoms with Crippen molar-refractivity contribution in [2.75, 3.05) is 5.32 Å². The highest BCUT2D eigenvalue weighted by molar-refractivity contribution is 7.07. The summed E-state index contributed by atoms with van der Waals surface area (Å²) in [4.78, 5) is 15.5. The molecule has 1 aromatic heterocycles. The zero-order valence-corrected chi connectivity index (χ0v) is 9.79. The second-order valence-corrected chi connectivity index (χ2v) is 3.92. The molecule has 2 aromatic rings. The van der Waals surface area contributed by atoms with Crippen LogP contribution in [0.5, 0.6) is 5.75 Å². The minimum Gasteiger partial charge on any atom is -0.433 e. The van der Waals surface area contributed by atoms with Gasteiger partial charge in [0.2, 0.25) is 0 Å². The summed E-state index contributed by atoms with van der Waals surface area (Å²) < 4.78 is 28.6. The fourth-order valence-electron chi connectivity index (χ4n) is 1.28. The molecule has 4 nitrogen and oxygen atoms in total. The molecular formula is C11H8F2N2O2S. The predicted octanol–water partition coefficient (Wildman–Crippen LogP) is 3.00. The number of anilines is 1. The monoisotopic (exact) mass is 270 g/mol. The van der Waals surface area contributed by atoms with Crippen molar-refractivity contribution in [3.8, 4) is 5.75 Å². The minimum atomic E-state index is -2.94. The van der Waals surface area contributed by atoms with E-state index in [4.69, 9.17) is 0 Å². The van der Waals surface area contributed by atoms with Crippen LogP contribution in [-0.2, 0) is 0 Å². The van der Waals surface area contributed by atoms with Gasteiger partial charge in [0.05, 0.1) is 11.2 Å². The Hall–Kier alpha value is -2.02. The maximum atomic E-state index is 12.2. The van der Waals surface area contributed by atoms with Crippen molar-refractivity contribution in [1.29, 1.82) is 0 Å². The Kier molecular flexibility index (Phi) is 3.83. The number of hydrogen-bond donors (Lipinski definition) is 1. The molecule has 7 heteroatoms. The van der Waals surface area contributed by atoms with E-state index in [2.05, 4.69) is 15.0 Å². The number of thiazole rings is 1. The third-order valence-electron chi connectivity index (χ3n) is 2.02. The standard InChI is InChI=1S/C11H8F2N2O2S/c12-11(13)17-9-4-2-1-3-7(9)15-10(16)8-5-18-6-14-8/h1-6,11H,(H,15,16). The Morgan fingerprint density at radius 1 is 1.39 bits per heavy atom. The van der Waals surface area contributed by atoms with E-state index in [9.17, 15) is 13.6 Å². The molecule has 1 aromatic carbocycles. The van der Waals surface area contributed by atoms with Crippen LogP contribution in [-0.4, -0.2) is 17.5 Å². The molecular weight excluding hydrogens is 262 g/mol. The molecule has 2 rings (SSSR count). The zero-order chi connectivity index (χ0) is 13.0. The van der Waals surface area contributed by atoms with Gasteiger partial charge in [-0.3, -0.25) is 4.79 Å². The summed E-state index contributed by atoms with van der Waals surface area (Å²) in [5.41, 5.74) is 1.92. The Bertz CT molecular complexity index is 532. The number of carbonyl (C=O) groups is 1. The number of amides is 1. The molecule has 0 unspecified atom stereocenters. The molecule has 1 amide bonds. The highest BCUT2D eigenvalue weighted by Gasteiger charge is 2.13. The Morgan fingerprint density at radius 2 is 2.17 bits per heavy atom. The maximum absolute atomic E-state index is 12.2. The smallest absolute Gasteiger partial charge is 0.387 e. The number of para-hydroxylation sites is 2. The topological polar surface area (TPSA) is 51.2 Å². The van der Waals surface area contributed by atoms with E-state index in [1.807, 2.05) is 0 Å². The number of halogens is 2. The molecule has 0 atom stereocenters. The van der Waals surface area contributed by atoms with Gasteiger partial charge < -0.3 is 10.1 Å². The number of aromatic nitrogens is 1. The fourth-order valence-corrected chi connectivity index (χ4v) is 1.81. The number of nitrogens with one attached hydrogen (secondary N) is 1. The third-order valence-corrected chi connectivity index (χ3v) is 2.60. The third kappa shape index (κ3) is 3.01. The summed E-state index contributed by atoms with van der Waals surface area (Å²) >= 11 is 1.27. The van der Waals surface area contributed by atoms with E-state index < -0.39 is 12.5 Å². The van der Waals surface area contributed by atoms with E-state index >= 15 is 0 Å². The predicted molar refractivity (Wildman–Crippen MR) is 63.1 cm³/mol. The first-order valence-corrected chi connectivity index (χ1v) is 5.84. The summed E-state index contributed by atoms with van der Waals surface area (Å²) in [5.74, 6) is -0.558. The van der Waals surface area contributed by atoms with Crippen LogP contribution in [0.1, 0.15) is 10.5 Å². The molecule has 94 valence electrons. The van der Waals surface area contributed by atoms with Gasteiger partial charge in [-0.25, -0.2) is 4.98 Å². The van der Waals surface area contributed by atoms with Crippen LogP contribution in [0, 0.1) is 0 Å². The van der Waals surface area contributed by atoms with Crippen molar-refractivity contribution in [2.45, 2.75) is 6.61 Å². The Labute approximate surface area is 105 Å². The van der Waals surface area contributed by atoms with Crippen molar-refractivity contribution < 1.29 is 18.3 Å². The van der Waals surface area contributed by atoms with Crippen molar-refractivity contribution in [1.82, 2.24) is 4.98 Å². The molecule has 18 heavy (non-hydrogen) atoms.